The number of halogens is 1. The molecule has 1 N–H and O–H groups in total. The van der Waals surface area contributed by atoms with E-state index in [-0.39, 0.29) is 5.69 Å². The number of aliphatic imine (C=N–C) groups is 1. The summed E-state index contributed by atoms with van der Waals surface area (Å²) < 4.78 is 0. The zero-order chi connectivity index (χ0) is 12.4. The van der Waals surface area contributed by atoms with Gasteiger partial charge in [-0.2, -0.15) is 0 Å². The minimum absolute atomic E-state index is 0.00791. The molecule has 1 aromatic rings. The van der Waals surface area contributed by atoms with E-state index in [0.29, 0.717) is 16.0 Å². The summed E-state index contributed by atoms with van der Waals surface area (Å²) in [5.41, 5.74) is 0.523. The second-order valence-corrected chi connectivity index (χ2v) is 5.45. The summed E-state index contributed by atoms with van der Waals surface area (Å²) in [4.78, 5) is 14.5. The van der Waals surface area contributed by atoms with Gasteiger partial charge in [0.15, 0.2) is 5.17 Å². The average molecular weight is 272 g/mol. The van der Waals surface area contributed by atoms with Crippen LogP contribution in [0.25, 0.3) is 0 Å². The summed E-state index contributed by atoms with van der Waals surface area (Å²) in [7, 11) is 0. The topological polar surface area (TPSA) is 67.5 Å². The summed E-state index contributed by atoms with van der Waals surface area (Å²) in [5, 5.41) is 15.3. The first kappa shape index (κ1) is 12.2. The molecule has 7 heteroatoms. The van der Waals surface area contributed by atoms with E-state index in [1.165, 1.54) is 18.2 Å². The van der Waals surface area contributed by atoms with Crippen LogP contribution in [0, 0.1) is 10.1 Å². The number of benzene rings is 1. The van der Waals surface area contributed by atoms with E-state index < -0.39 is 4.92 Å². The molecule has 0 unspecified atom stereocenters. The molecule has 0 bridgehead atoms. The number of nitro benzene ring substituents is 1. The highest BCUT2D eigenvalue weighted by atomic mass is 35.5. The Hall–Kier alpha value is -1.27. The van der Waals surface area contributed by atoms with Crippen LogP contribution in [0.15, 0.2) is 23.2 Å². The Morgan fingerprint density at radius 2 is 2.41 bits per heavy atom. The summed E-state index contributed by atoms with van der Waals surface area (Å²) >= 11 is 7.56. The minimum Gasteiger partial charge on any atom is -0.334 e. The lowest BCUT2D eigenvalue weighted by Crippen LogP contribution is -2.06. The number of thioether (sulfide) groups is 1. The lowest BCUT2D eigenvalue weighted by atomic mass is 10.3. The van der Waals surface area contributed by atoms with E-state index in [1.54, 1.807) is 11.8 Å². The van der Waals surface area contributed by atoms with Crippen LogP contribution in [0.4, 0.5) is 11.4 Å². The maximum atomic E-state index is 10.7. The predicted octanol–water partition coefficient (Wildman–Crippen LogP) is 3.15. The van der Waals surface area contributed by atoms with E-state index in [0.717, 1.165) is 11.7 Å². The van der Waals surface area contributed by atoms with Gasteiger partial charge in [0.2, 0.25) is 0 Å². The maximum absolute atomic E-state index is 10.7. The van der Waals surface area contributed by atoms with Crippen molar-refractivity contribution in [2.45, 2.75) is 12.2 Å². The van der Waals surface area contributed by atoms with Crippen molar-refractivity contribution in [1.82, 2.24) is 0 Å². The van der Waals surface area contributed by atoms with Crippen LogP contribution in [0.1, 0.15) is 6.92 Å². The zero-order valence-electron chi connectivity index (χ0n) is 9.01. The molecule has 1 aliphatic heterocycles. The number of nitrogens with zero attached hydrogens (tertiary/aromatic N) is 2. The van der Waals surface area contributed by atoms with Crippen LogP contribution in [0.2, 0.25) is 5.02 Å². The van der Waals surface area contributed by atoms with Gasteiger partial charge < -0.3 is 5.32 Å². The molecule has 5 nitrogen and oxygen atoms in total. The first-order chi connectivity index (χ1) is 8.06. The quantitative estimate of drug-likeness (QED) is 0.663. The average Bonchev–Trinajstić information content (AvgIpc) is 2.67. The molecule has 2 rings (SSSR count). The van der Waals surface area contributed by atoms with E-state index in [1.807, 2.05) is 0 Å². The molecule has 0 amide bonds. The molecule has 1 heterocycles. The molecule has 0 aromatic heterocycles. The van der Waals surface area contributed by atoms with Crippen LogP contribution >= 0.6 is 23.4 Å². The summed E-state index contributed by atoms with van der Waals surface area (Å²) in [6, 6.07) is 4.29. The highest BCUT2D eigenvalue weighted by molar-refractivity contribution is 8.15. The van der Waals surface area contributed by atoms with Crippen molar-refractivity contribution in [2.24, 2.45) is 4.99 Å². The van der Waals surface area contributed by atoms with Crippen LogP contribution in [-0.2, 0) is 0 Å². The first-order valence-corrected chi connectivity index (χ1v) is 6.24. The molecule has 90 valence electrons. The number of hydrogen-bond donors (Lipinski definition) is 1. The standard InChI is InChI=1S/C10H10ClN3O2S/c1-6-5-12-10(17-6)13-9-4-7(14(15)16)2-3-8(9)11/h2-4,6H,5H2,1H3,(H,12,13)/t6-/m1/s1. The van der Waals surface area contributed by atoms with E-state index in [9.17, 15) is 10.1 Å². The van der Waals surface area contributed by atoms with Crippen LogP contribution < -0.4 is 5.32 Å². The van der Waals surface area contributed by atoms with Gasteiger partial charge in [-0.25, -0.2) is 0 Å². The third kappa shape index (κ3) is 2.89. The van der Waals surface area contributed by atoms with Gasteiger partial charge in [-0.15, -0.1) is 0 Å². The fourth-order valence-electron chi connectivity index (χ4n) is 1.38. The van der Waals surface area contributed by atoms with Crippen molar-refractivity contribution in [1.29, 1.82) is 0 Å². The van der Waals surface area contributed by atoms with Gasteiger partial charge in [0, 0.05) is 17.4 Å². The Kier molecular flexibility index (Phi) is 3.54. The minimum atomic E-state index is -0.451. The molecule has 1 aromatic carbocycles. The van der Waals surface area contributed by atoms with Gasteiger partial charge in [0.05, 0.1) is 22.2 Å². The van der Waals surface area contributed by atoms with E-state index in [2.05, 4.69) is 17.2 Å². The first-order valence-electron chi connectivity index (χ1n) is 4.98. The van der Waals surface area contributed by atoms with Crippen LogP contribution in [-0.4, -0.2) is 21.9 Å². The smallest absolute Gasteiger partial charge is 0.271 e. The number of hydrogen-bond acceptors (Lipinski definition) is 5. The van der Waals surface area contributed by atoms with E-state index in [4.69, 9.17) is 11.6 Å². The second-order valence-electron chi connectivity index (χ2n) is 3.62. The normalized spacial score (nSPS) is 18.9. The molecule has 0 saturated heterocycles. The zero-order valence-corrected chi connectivity index (χ0v) is 10.6. The fourth-order valence-corrected chi connectivity index (χ4v) is 2.40. The molecular formula is C10H10ClN3O2S. The number of amidine groups is 1. The lowest BCUT2D eigenvalue weighted by molar-refractivity contribution is -0.384. The Balaban J connectivity index is 2.20. The molecular weight excluding hydrogens is 262 g/mol. The number of nitro groups is 1. The molecule has 17 heavy (non-hydrogen) atoms. The summed E-state index contributed by atoms with van der Waals surface area (Å²) in [6.45, 7) is 2.82. The molecule has 0 fully saturated rings. The number of anilines is 1. The van der Waals surface area contributed by atoms with Crippen molar-refractivity contribution in [3.05, 3.63) is 33.3 Å². The highest BCUT2D eigenvalue weighted by Crippen LogP contribution is 2.29. The Morgan fingerprint density at radius 3 is 3.00 bits per heavy atom. The van der Waals surface area contributed by atoms with Gasteiger partial charge in [0.1, 0.15) is 0 Å². The predicted molar refractivity (Wildman–Crippen MR) is 71.1 cm³/mol. The maximum Gasteiger partial charge on any atom is 0.271 e. The number of nitrogens with one attached hydrogen (secondary N) is 1. The number of rotatable bonds is 2. The lowest BCUT2D eigenvalue weighted by Gasteiger charge is -2.07. The SMILES string of the molecule is C[C@@H]1CN=C(Nc2cc([N+](=O)[O-])ccc2Cl)S1. The van der Waals surface area contributed by atoms with Crippen LogP contribution in [0.3, 0.4) is 0 Å². The number of non-ortho nitro benzene ring substituents is 1. The molecule has 0 saturated carbocycles. The van der Waals surface area contributed by atoms with Crippen molar-refractivity contribution in [3.8, 4) is 0 Å². The largest absolute Gasteiger partial charge is 0.334 e. The highest BCUT2D eigenvalue weighted by Gasteiger charge is 2.17. The van der Waals surface area contributed by atoms with Crippen molar-refractivity contribution >= 4 is 39.9 Å². The van der Waals surface area contributed by atoms with Gasteiger partial charge in [0.25, 0.3) is 5.69 Å². The van der Waals surface area contributed by atoms with Crippen molar-refractivity contribution in [3.63, 3.8) is 0 Å². The van der Waals surface area contributed by atoms with Crippen molar-refractivity contribution in [2.75, 3.05) is 11.9 Å². The third-order valence-electron chi connectivity index (χ3n) is 2.21. The molecule has 0 radical (unpaired) electrons. The van der Waals surface area contributed by atoms with E-state index >= 15 is 0 Å². The summed E-state index contributed by atoms with van der Waals surface area (Å²) in [5.74, 6) is 0. The van der Waals surface area contributed by atoms with Gasteiger partial charge in [-0.3, -0.25) is 15.1 Å². The van der Waals surface area contributed by atoms with Gasteiger partial charge >= 0.3 is 0 Å². The van der Waals surface area contributed by atoms with Gasteiger partial charge in [-0.05, 0) is 6.07 Å². The third-order valence-corrected chi connectivity index (χ3v) is 3.54. The van der Waals surface area contributed by atoms with Gasteiger partial charge in [-0.1, -0.05) is 30.3 Å². The molecule has 0 spiro atoms. The molecule has 1 aliphatic rings. The Bertz CT molecular complexity index is 492. The fraction of sp³-hybridized carbons (Fsp3) is 0.300. The molecule has 1 atom stereocenters. The van der Waals surface area contributed by atoms with Crippen molar-refractivity contribution < 1.29 is 4.92 Å². The van der Waals surface area contributed by atoms with Crippen LogP contribution in [0.5, 0.6) is 0 Å². The molecule has 0 aliphatic carbocycles. The monoisotopic (exact) mass is 271 g/mol. The second kappa shape index (κ2) is 4.93. The Morgan fingerprint density at radius 1 is 1.65 bits per heavy atom. The summed E-state index contributed by atoms with van der Waals surface area (Å²) in [6.07, 6.45) is 0. The Labute approximate surface area is 107 Å².